The molecule has 0 saturated carbocycles. The first kappa shape index (κ1) is 12.5. The molecule has 3 rings (SSSR count). The predicted octanol–water partition coefficient (Wildman–Crippen LogP) is 1.46. The summed E-state index contributed by atoms with van der Waals surface area (Å²) >= 11 is 0. The summed E-state index contributed by atoms with van der Waals surface area (Å²) in [6.07, 6.45) is 1.40. The van der Waals surface area contributed by atoms with Gasteiger partial charge < -0.3 is 10.1 Å². The van der Waals surface area contributed by atoms with Gasteiger partial charge in [0.1, 0.15) is 18.2 Å². The molecule has 0 aliphatic carbocycles. The van der Waals surface area contributed by atoms with Crippen molar-refractivity contribution < 1.29 is 9.53 Å². The Morgan fingerprint density at radius 3 is 2.95 bits per heavy atom. The van der Waals surface area contributed by atoms with Crippen molar-refractivity contribution in [3.05, 3.63) is 36.2 Å². The number of aromatic nitrogens is 3. The summed E-state index contributed by atoms with van der Waals surface area (Å²) in [5.41, 5.74) is 0.976. The maximum absolute atomic E-state index is 12.0. The maximum Gasteiger partial charge on any atom is 0.322 e. The van der Waals surface area contributed by atoms with Gasteiger partial charge in [-0.15, -0.1) is 5.10 Å². The SMILES string of the molecule is CC1Oc2ccccc2C1NC(=O)Nc1ncn(C)n1. The van der Waals surface area contributed by atoms with Gasteiger partial charge in [0.2, 0.25) is 5.95 Å². The molecule has 104 valence electrons. The van der Waals surface area contributed by atoms with Gasteiger partial charge in [-0.25, -0.2) is 9.78 Å². The molecule has 1 aromatic carbocycles. The van der Waals surface area contributed by atoms with E-state index in [-0.39, 0.29) is 24.1 Å². The van der Waals surface area contributed by atoms with Crippen LogP contribution in [-0.4, -0.2) is 26.9 Å². The van der Waals surface area contributed by atoms with Crippen LogP contribution in [0, 0.1) is 0 Å². The standard InChI is InChI=1S/C13H15N5O2/c1-8-11(9-5-3-4-6-10(9)20-8)15-13(19)16-12-14-7-18(2)17-12/h3-8,11H,1-2H3,(H2,15,16,17,19). The van der Waals surface area contributed by atoms with E-state index in [1.165, 1.54) is 11.0 Å². The van der Waals surface area contributed by atoms with E-state index in [9.17, 15) is 4.79 Å². The lowest BCUT2D eigenvalue weighted by atomic mass is 10.1. The summed E-state index contributed by atoms with van der Waals surface area (Å²) < 4.78 is 7.22. The van der Waals surface area contributed by atoms with Crippen molar-refractivity contribution in [2.75, 3.05) is 5.32 Å². The molecular weight excluding hydrogens is 258 g/mol. The lowest BCUT2D eigenvalue weighted by Gasteiger charge is -2.16. The second-order valence-electron chi connectivity index (χ2n) is 4.68. The molecule has 7 nitrogen and oxygen atoms in total. The van der Waals surface area contributed by atoms with Crippen LogP contribution in [0.15, 0.2) is 30.6 Å². The van der Waals surface area contributed by atoms with Gasteiger partial charge in [0.15, 0.2) is 0 Å². The van der Waals surface area contributed by atoms with Crippen LogP contribution in [0.1, 0.15) is 18.5 Å². The molecule has 2 unspecified atom stereocenters. The number of hydrogen-bond donors (Lipinski definition) is 2. The van der Waals surface area contributed by atoms with E-state index in [0.29, 0.717) is 0 Å². The molecule has 1 aliphatic heterocycles. The van der Waals surface area contributed by atoms with E-state index >= 15 is 0 Å². The number of carbonyl (C=O) groups is 1. The molecule has 7 heteroatoms. The Kier molecular flexibility index (Phi) is 3.02. The van der Waals surface area contributed by atoms with Gasteiger partial charge in [-0.3, -0.25) is 10.00 Å². The Bertz CT molecular complexity index is 639. The fraction of sp³-hybridized carbons (Fsp3) is 0.308. The zero-order chi connectivity index (χ0) is 14.1. The van der Waals surface area contributed by atoms with E-state index in [0.717, 1.165) is 11.3 Å². The first-order chi connectivity index (χ1) is 9.63. The Hall–Kier alpha value is -2.57. The predicted molar refractivity (Wildman–Crippen MR) is 72.4 cm³/mol. The molecule has 2 N–H and O–H groups in total. The van der Waals surface area contributed by atoms with E-state index in [2.05, 4.69) is 20.7 Å². The van der Waals surface area contributed by atoms with E-state index in [4.69, 9.17) is 4.74 Å². The largest absolute Gasteiger partial charge is 0.488 e. The minimum atomic E-state index is -0.353. The first-order valence-electron chi connectivity index (χ1n) is 6.32. The molecule has 0 radical (unpaired) electrons. The number of amides is 2. The second kappa shape index (κ2) is 4.84. The third-order valence-corrected chi connectivity index (χ3v) is 3.15. The van der Waals surface area contributed by atoms with Crippen LogP contribution in [-0.2, 0) is 7.05 Å². The number of fused-ring (bicyclic) bond motifs is 1. The fourth-order valence-corrected chi connectivity index (χ4v) is 2.24. The van der Waals surface area contributed by atoms with Gasteiger partial charge in [0.05, 0.1) is 6.04 Å². The van der Waals surface area contributed by atoms with Gasteiger partial charge in [-0.2, -0.15) is 0 Å². The molecule has 0 fully saturated rings. The van der Waals surface area contributed by atoms with Crippen LogP contribution in [0.4, 0.5) is 10.7 Å². The first-order valence-corrected chi connectivity index (χ1v) is 6.32. The quantitative estimate of drug-likeness (QED) is 0.868. The highest BCUT2D eigenvalue weighted by atomic mass is 16.5. The van der Waals surface area contributed by atoms with Crippen molar-refractivity contribution in [2.24, 2.45) is 7.05 Å². The molecule has 0 spiro atoms. The second-order valence-corrected chi connectivity index (χ2v) is 4.68. The summed E-state index contributed by atoms with van der Waals surface area (Å²) in [7, 11) is 1.74. The average Bonchev–Trinajstić information content (AvgIpc) is 2.94. The Balaban J connectivity index is 1.70. The summed E-state index contributed by atoms with van der Waals surface area (Å²) in [5.74, 6) is 1.08. The van der Waals surface area contributed by atoms with Crippen molar-refractivity contribution in [3.8, 4) is 5.75 Å². The minimum Gasteiger partial charge on any atom is -0.488 e. The fourth-order valence-electron chi connectivity index (χ4n) is 2.24. The lowest BCUT2D eigenvalue weighted by Crippen LogP contribution is -2.37. The maximum atomic E-state index is 12.0. The number of benzene rings is 1. The van der Waals surface area contributed by atoms with Gasteiger partial charge in [-0.1, -0.05) is 18.2 Å². The van der Waals surface area contributed by atoms with Crippen molar-refractivity contribution in [1.29, 1.82) is 0 Å². The van der Waals surface area contributed by atoms with Crippen LogP contribution in [0.2, 0.25) is 0 Å². The third kappa shape index (κ3) is 2.29. The number of carbonyl (C=O) groups excluding carboxylic acids is 1. The zero-order valence-electron chi connectivity index (χ0n) is 11.2. The Morgan fingerprint density at radius 2 is 2.20 bits per heavy atom. The molecule has 2 heterocycles. The lowest BCUT2D eigenvalue weighted by molar-refractivity contribution is 0.204. The van der Waals surface area contributed by atoms with Gasteiger partial charge >= 0.3 is 6.03 Å². The van der Waals surface area contributed by atoms with Crippen LogP contribution in [0.5, 0.6) is 5.75 Å². The number of aryl methyl sites for hydroxylation is 1. The number of nitrogens with zero attached hydrogens (tertiary/aromatic N) is 3. The number of rotatable bonds is 2. The summed E-state index contributed by atoms with van der Waals surface area (Å²) in [5, 5.41) is 9.46. The van der Waals surface area contributed by atoms with E-state index in [1.54, 1.807) is 7.05 Å². The van der Waals surface area contributed by atoms with Crippen molar-refractivity contribution in [2.45, 2.75) is 19.1 Å². The zero-order valence-corrected chi connectivity index (χ0v) is 11.2. The minimum absolute atomic E-state index is 0.116. The number of nitrogens with one attached hydrogen (secondary N) is 2. The van der Waals surface area contributed by atoms with Crippen LogP contribution in [0.25, 0.3) is 0 Å². The van der Waals surface area contributed by atoms with Crippen LogP contribution < -0.4 is 15.4 Å². The van der Waals surface area contributed by atoms with E-state index < -0.39 is 0 Å². The highest BCUT2D eigenvalue weighted by Crippen LogP contribution is 2.35. The Labute approximate surface area is 116 Å². The number of para-hydroxylation sites is 1. The number of ether oxygens (including phenoxy) is 1. The van der Waals surface area contributed by atoms with Crippen molar-refractivity contribution >= 4 is 12.0 Å². The smallest absolute Gasteiger partial charge is 0.322 e. The monoisotopic (exact) mass is 273 g/mol. The van der Waals surface area contributed by atoms with Crippen molar-refractivity contribution in [1.82, 2.24) is 20.1 Å². The molecular formula is C13H15N5O2. The van der Waals surface area contributed by atoms with Crippen LogP contribution >= 0.6 is 0 Å². The molecule has 1 aromatic heterocycles. The highest BCUT2D eigenvalue weighted by molar-refractivity contribution is 5.87. The molecule has 20 heavy (non-hydrogen) atoms. The Morgan fingerprint density at radius 1 is 1.40 bits per heavy atom. The molecule has 1 aliphatic rings. The number of hydrogen-bond acceptors (Lipinski definition) is 4. The molecule has 2 aromatic rings. The van der Waals surface area contributed by atoms with Gasteiger partial charge in [0.25, 0.3) is 0 Å². The third-order valence-electron chi connectivity index (χ3n) is 3.15. The van der Waals surface area contributed by atoms with Crippen LogP contribution in [0.3, 0.4) is 0 Å². The summed E-state index contributed by atoms with van der Waals surface area (Å²) in [6.45, 7) is 1.92. The summed E-state index contributed by atoms with van der Waals surface area (Å²) in [6, 6.07) is 7.14. The number of urea groups is 1. The molecule has 0 bridgehead atoms. The van der Waals surface area contributed by atoms with E-state index in [1.807, 2.05) is 31.2 Å². The normalized spacial score (nSPS) is 20.1. The molecule has 2 atom stereocenters. The highest BCUT2D eigenvalue weighted by Gasteiger charge is 2.32. The summed E-state index contributed by atoms with van der Waals surface area (Å²) in [4.78, 5) is 15.9. The molecule has 0 saturated heterocycles. The van der Waals surface area contributed by atoms with Gasteiger partial charge in [-0.05, 0) is 13.0 Å². The number of anilines is 1. The van der Waals surface area contributed by atoms with Crippen molar-refractivity contribution in [3.63, 3.8) is 0 Å². The average molecular weight is 273 g/mol. The van der Waals surface area contributed by atoms with Gasteiger partial charge in [0, 0.05) is 12.6 Å². The topological polar surface area (TPSA) is 81.1 Å². The molecule has 2 amide bonds.